The van der Waals surface area contributed by atoms with Crippen LogP contribution in [0.3, 0.4) is 0 Å². The fourth-order valence-corrected chi connectivity index (χ4v) is 4.81. The first-order valence-electron chi connectivity index (χ1n) is 14.2. The number of hydrogen-bond acceptors (Lipinski definition) is 2. The molecule has 3 aromatic rings. The van der Waals surface area contributed by atoms with Gasteiger partial charge in [-0.2, -0.15) is 0 Å². The van der Waals surface area contributed by atoms with Crippen molar-refractivity contribution in [3.8, 4) is 0 Å². The van der Waals surface area contributed by atoms with Gasteiger partial charge in [0.05, 0.1) is 11.0 Å². The molecule has 2 aromatic carbocycles. The minimum absolute atomic E-state index is 0.145. The zero-order chi connectivity index (χ0) is 25.4. The number of hydrogen-bond donors (Lipinski definition) is 1. The molecule has 0 saturated carbocycles. The quantitative estimate of drug-likeness (QED) is 0.181. The summed E-state index contributed by atoms with van der Waals surface area (Å²) in [5.41, 5.74) is 2.83. The number of benzene rings is 2. The number of aryl methyl sites for hydroxylation is 2. The van der Waals surface area contributed by atoms with Crippen molar-refractivity contribution in [3.05, 3.63) is 65.7 Å². The molecule has 0 saturated heterocycles. The Labute approximate surface area is 216 Å². The van der Waals surface area contributed by atoms with Gasteiger partial charge in [-0.05, 0) is 55.7 Å². The standard InChI is InChI=1S/C31H44FN3O/c1-2-3-4-5-6-7-8-9-10-16-25-35-29-18-14-13-17-28(29)34-30(35)19-12-11-15-24-33-31(36)26-20-22-27(32)23-21-26/h13-14,17-18,20-23H,2-12,15-16,19,24-25H2,1H3,(H,33,36). The lowest BCUT2D eigenvalue weighted by molar-refractivity contribution is 0.0953. The highest BCUT2D eigenvalue weighted by Crippen LogP contribution is 2.19. The van der Waals surface area contributed by atoms with Crippen molar-refractivity contribution in [2.45, 2.75) is 103 Å². The van der Waals surface area contributed by atoms with Gasteiger partial charge in [0.2, 0.25) is 0 Å². The molecule has 0 atom stereocenters. The number of imidazole rings is 1. The molecule has 0 aliphatic heterocycles. The van der Waals surface area contributed by atoms with Crippen molar-refractivity contribution >= 4 is 16.9 Å². The van der Waals surface area contributed by atoms with E-state index in [0.29, 0.717) is 12.1 Å². The highest BCUT2D eigenvalue weighted by Gasteiger charge is 2.10. The zero-order valence-corrected chi connectivity index (χ0v) is 22.1. The van der Waals surface area contributed by atoms with E-state index in [9.17, 15) is 9.18 Å². The number of rotatable bonds is 18. The van der Waals surface area contributed by atoms with E-state index >= 15 is 0 Å². The Balaban J connectivity index is 1.36. The predicted octanol–water partition coefficient (Wildman–Crippen LogP) is 8.24. The van der Waals surface area contributed by atoms with E-state index in [1.54, 1.807) is 0 Å². The molecule has 1 N–H and O–H groups in total. The molecule has 0 bridgehead atoms. The SMILES string of the molecule is CCCCCCCCCCCCn1c(CCCCCNC(=O)c2ccc(F)cc2)nc2ccccc21. The highest BCUT2D eigenvalue weighted by molar-refractivity contribution is 5.94. The highest BCUT2D eigenvalue weighted by atomic mass is 19.1. The molecule has 1 heterocycles. The lowest BCUT2D eigenvalue weighted by Gasteiger charge is -2.10. The number of aromatic nitrogens is 2. The van der Waals surface area contributed by atoms with E-state index in [2.05, 4.69) is 41.1 Å². The van der Waals surface area contributed by atoms with Crippen molar-refractivity contribution in [2.75, 3.05) is 6.54 Å². The van der Waals surface area contributed by atoms with E-state index in [4.69, 9.17) is 4.98 Å². The van der Waals surface area contributed by atoms with Gasteiger partial charge in [-0.25, -0.2) is 9.37 Å². The lowest BCUT2D eigenvalue weighted by atomic mass is 10.1. The van der Waals surface area contributed by atoms with Crippen molar-refractivity contribution in [1.82, 2.24) is 14.9 Å². The van der Waals surface area contributed by atoms with Crippen molar-refractivity contribution in [1.29, 1.82) is 0 Å². The average molecular weight is 494 g/mol. The van der Waals surface area contributed by atoms with Crippen molar-refractivity contribution < 1.29 is 9.18 Å². The minimum atomic E-state index is -0.328. The summed E-state index contributed by atoms with van der Waals surface area (Å²) in [4.78, 5) is 17.1. The van der Waals surface area contributed by atoms with Crippen molar-refractivity contribution in [3.63, 3.8) is 0 Å². The molecule has 0 unspecified atom stereocenters. The second kappa shape index (κ2) is 16.1. The number of para-hydroxylation sites is 2. The lowest BCUT2D eigenvalue weighted by Crippen LogP contribution is -2.24. The Morgan fingerprint density at radius 2 is 1.44 bits per heavy atom. The molecule has 0 spiro atoms. The Kier molecular flexibility index (Phi) is 12.5. The van der Waals surface area contributed by atoms with Crippen LogP contribution in [0, 0.1) is 5.82 Å². The molecule has 3 rings (SSSR count). The molecule has 0 aliphatic carbocycles. The first-order valence-corrected chi connectivity index (χ1v) is 14.2. The van der Waals surface area contributed by atoms with Gasteiger partial charge in [-0.15, -0.1) is 0 Å². The minimum Gasteiger partial charge on any atom is -0.352 e. The summed E-state index contributed by atoms with van der Waals surface area (Å²) < 4.78 is 15.4. The van der Waals surface area contributed by atoms with E-state index in [1.807, 2.05) is 0 Å². The van der Waals surface area contributed by atoms with Crippen LogP contribution in [0.2, 0.25) is 0 Å². The Morgan fingerprint density at radius 3 is 2.17 bits per heavy atom. The van der Waals surface area contributed by atoms with Crippen LogP contribution in [0.15, 0.2) is 48.5 Å². The van der Waals surface area contributed by atoms with Gasteiger partial charge in [-0.1, -0.05) is 83.3 Å². The normalized spacial score (nSPS) is 11.3. The molecular formula is C31H44FN3O. The fraction of sp³-hybridized carbons (Fsp3) is 0.548. The summed E-state index contributed by atoms with van der Waals surface area (Å²) in [5, 5.41) is 2.93. The molecule has 0 radical (unpaired) electrons. The van der Waals surface area contributed by atoms with Gasteiger partial charge in [-0.3, -0.25) is 4.79 Å². The largest absolute Gasteiger partial charge is 0.352 e. The van der Waals surface area contributed by atoms with Gasteiger partial charge in [0.15, 0.2) is 0 Å². The summed E-state index contributed by atoms with van der Waals surface area (Å²) in [6, 6.07) is 14.1. The maximum atomic E-state index is 13.0. The summed E-state index contributed by atoms with van der Waals surface area (Å²) in [6.45, 7) is 3.95. The average Bonchev–Trinajstić information content (AvgIpc) is 3.24. The van der Waals surface area contributed by atoms with Gasteiger partial charge >= 0.3 is 0 Å². The van der Waals surface area contributed by atoms with E-state index in [1.165, 1.54) is 99.8 Å². The number of fused-ring (bicyclic) bond motifs is 1. The number of nitrogens with one attached hydrogen (secondary N) is 1. The molecule has 4 nitrogen and oxygen atoms in total. The smallest absolute Gasteiger partial charge is 0.251 e. The summed E-state index contributed by atoms with van der Waals surface area (Å²) in [6.07, 6.45) is 17.4. The van der Waals surface area contributed by atoms with Crippen LogP contribution in [0.25, 0.3) is 11.0 Å². The maximum absolute atomic E-state index is 13.0. The van der Waals surface area contributed by atoms with Crippen molar-refractivity contribution in [2.24, 2.45) is 0 Å². The molecule has 5 heteroatoms. The second-order valence-corrected chi connectivity index (χ2v) is 9.92. The second-order valence-electron chi connectivity index (χ2n) is 9.92. The number of halogens is 1. The molecule has 36 heavy (non-hydrogen) atoms. The predicted molar refractivity (Wildman–Crippen MR) is 148 cm³/mol. The van der Waals surface area contributed by atoms with Crippen LogP contribution < -0.4 is 5.32 Å². The van der Waals surface area contributed by atoms with E-state index < -0.39 is 0 Å². The van der Waals surface area contributed by atoms with Crippen LogP contribution in [0.1, 0.15) is 107 Å². The summed E-state index contributed by atoms with van der Waals surface area (Å²) in [7, 11) is 0. The van der Waals surface area contributed by atoms with E-state index in [0.717, 1.165) is 37.7 Å². The molecule has 0 fully saturated rings. The first-order chi connectivity index (χ1) is 17.7. The Morgan fingerprint density at radius 1 is 0.806 bits per heavy atom. The molecule has 0 aliphatic rings. The number of nitrogens with zero attached hydrogens (tertiary/aromatic N) is 2. The number of carbonyl (C=O) groups is 1. The Bertz CT molecular complexity index is 1030. The van der Waals surface area contributed by atoms with Crippen LogP contribution in [-0.2, 0) is 13.0 Å². The number of unbranched alkanes of at least 4 members (excludes halogenated alkanes) is 11. The zero-order valence-electron chi connectivity index (χ0n) is 22.1. The molecule has 196 valence electrons. The molecule has 1 aromatic heterocycles. The fourth-order valence-electron chi connectivity index (χ4n) is 4.81. The van der Waals surface area contributed by atoms with E-state index in [-0.39, 0.29) is 11.7 Å². The molecule has 1 amide bonds. The number of amides is 1. The summed E-state index contributed by atoms with van der Waals surface area (Å²) >= 11 is 0. The monoisotopic (exact) mass is 493 g/mol. The van der Waals surface area contributed by atoms with Gasteiger partial charge in [0.1, 0.15) is 11.6 Å². The van der Waals surface area contributed by atoms with Gasteiger partial charge in [0.25, 0.3) is 5.91 Å². The molecular weight excluding hydrogens is 449 g/mol. The summed E-state index contributed by atoms with van der Waals surface area (Å²) in [5.74, 6) is 0.710. The van der Waals surface area contributed by atoms with Gasteiger partial charge in [0, 0.05) is 25.1 Å². The van der Waals surface area contributed by atoms with Gasteiger partial charge < -0.3 is 9.88 Å². The first kappa shape index (κ1) is 27.9. The number of carbonyl (C=O) groups excluding carboxylic acids is 1. The third-order valence-electron chi connectivity index (χ3n) is 6.94. The third-order valence-corrected chi connectivity index (χ3v) is 6.94. The Hall–Kier alpha value is -2.69. The topological polar surface area (TPSA) is 46.9 Å². The van der Waals surface area contributed by atoms with Crippen LogP contribution >= 0.6 is 0 Å². The van der Waals surface area contributed by atoms with Crippen LogP contribution in [-0.4, -0.2) is 22.0 Å². The van der Waals surface area contributed by atoms with Crippen LogP contribution in [0.5, 0.6) is 0 Å². The maximum Gasteiger partial charge on any atom is 0.251 e. The third kappa shape index (κ3) is 9.40. The van der Waals surface area contributed by atoms with Crippen LogP contribution in [0.4, 0.5) is 4.39 Å².